The Labute approximate surface area is 140 Å². The van der Waals surface area contributed by atoms with Crippen LogP contribution in [0.3, 0.4) is 0 Å². The lowest BCUT2D eigenvalue weighted by Gasteiger charge is -2.13. The Morgan fingerprint density at radius 3 is 2.87 bits per heavy atom. The van der Waals surface area contributed by atoms with Gasteiger partial charge in [0.1, 0.15) is 5.69 Å². The Kier molecular flexibility index (Phi) is 4.83. The lowest BCUT2D eigenvalue weighted by atomic mass is 10.1. The highest BCUT2D eigenvalue weighted by atomic mass is 32.1. The Hall–Kier alpha value is -2.05. The molecule has 120 valence electrons. The summed E-state index contributed by atoms with van der Waals surface area (Å²) in [5, 5.41) is 10.9. The van der Waals surface area contributed by atoms with Crippen LogP contribution < -0.4 is 0 Å². The van der Waals surface area contributed by atoms with Crippen molar-refractivity contribution in [2.75, 3.05) is 14.1 Å². The normalized spacial score (nSPS) is 12.7. The van der Waals surface area contributed by atoms with Gasteiger partial charge >= 0.3 is 0 Å². The summed E-state index contributed by atoms with van der Waals surface area (Å²) < 4.78 is 1.92. The molecular weight excluding hydrogens is 306 g/mol. The van der Waals surface area contributed by atoms with Crippen molar-refractivity contribution in [3.63, 3.8) is 0 Å². The second-order valence-corrected chi connectivity index (χ2v) is 6.73. The van der Waals surface area contributed by atoms with E-state index in [1.54, 1.807) is 11.3 Å². The van der Waals surface area contributed by atoms with E-state index >= 15 is 0 Å². The van der Waals surface area contributed by atoms with Gasteiger partial charge < -0.3 is 4.90 Å². The topological polar surface area (TPSA) is 46.8 Å². The molecule has 0 N–H and O–H groups in total. The van der Waals surface area contributed by atoms with Crippen molar-refractivity contribution in [2.24, 2.45) is 0 Å². The van der Waals surface area contributed by atoms with Gasteiger partial charge in [-0.15, -0.1) is 16.4 Å². The van der Waals surface area contributed by atoms with E-state index in [1.165, 1.54) is 5.56 Å². The molecule has 3 aromatic heterocycles. The number of nitrogens with zero attached hydrogens (tertiary/aromatic N) is 5. The minimum atomic E-state index is 0.124. The van der Waals surface area contributed by atoms with Gasteiger partial charge in [0, 0.05) is 12.7 Å². The van der Waals surface area contributed by atoms with E-state index in [2.05, 4.69) is 52.7 Å². The first-order valence-corrected chi connectivity index (χ1v) is 8.60. The first kappa shape index (κ1) is 15.8. The van der Waals surface area contributed by atoms with E-state index in [1.807, 2.05) is 35.3 Å². The average Bonchev–Trinajstić information content (AvgIpc) is 3.18. The molecule has 0 aliphatic heterocycles. The van der Waals surface area contributed by atoms with Gasteiger partial charge in [0.2, 0.25) is 0 Å². The summed E-state index contributed by atoms with van der Waals surface area (Å²) in [7, 11) is 4.15. The van der Waals surface area contributed by atoms with Crippen molar-refractivity contribution in [2.45, 2.75) is 25.9 Å². The smallest absolute Gasteiger partial charge is 0.123 e. The quantitative estimate of drug-likeness (QED) is 0.695. The number of hydrogen-bond donors (Lipinski definition) is 0. The molecule has 0 bridgehead atoms. The van der Waals surface area contributed by atoms with Crippen molar-refractivity contribution in [3.8, 4) is 10.6 Å². The van der Waals surface area contributed by atoms with Crippen molar-refractivity contribution >= 4 is 11.3 Å². The maximum absolute atomic E-state index is 4.45. The zero-order chi connectivity index (χ0) is 16.2. The average molecular weight is 327 g/mol. The summed E-state index contributed by atoms with van der Waals surface area (Å²) in [6.45, 7) is 3.08. The van der Waals surface area contributed by atoms with Crippen LogP contribution in [0.4, 0.5) is 0 Å². The zero-order valence-corrected chi connectivity index (χ0v) is 14.5. The van der Waals surface area contributed by atoms with Crippen LogP contribution >= 0.6 is 11.3 Å². The van der Waals surface area contributed by atoms with Gasteiger partial charge in [-0.05, 0) is 49.7 Å². The van der Waals surface area contributed by atoms with Crippen LogP contribution in [0.15, 0.2) is 42.0 Å². The van der Waals surface area contributed by atoms with Crippen molar-refractivity contribution in [1.82, 2.24) is 24.9 Å². The fourth-order valence-corrected chi connectivity index (χ4v) is 3.46. The van der Waals surface area contributed by atoms with Gasteiger partial charge in [-0.2, -0.15) is 0 Å². The van der Waals surface area contributed by atoms with E-state index < -0.39 is 0 Å². The molecular formula is C17H21N5S. The Morgan fingerprint density at radius 1 is 1.30 bits per heavy atom. The SMILES string of the molecule is CC[C@H](c1ccccn1)n1cc(-c2cc(CN(C)C)cs2)nn1. The van der Waals surface area contributed by atoms with Gasteiger partial charge in [0.15, 0.2) is 0 Å². The Morgan fingerprint density at radius 2 is 2.17 bits per heavy atom. The van der Waals surface area contributed by atoms with Gasteiger partial charge in [-0.3, -0.25) is 4.98 Å². The molecule has 0 spiro atoms. The third-order valence-corrected chi connectivity index (χ3v) is 4.65. The molecule has 0 amide bonds. The molecule has 6 heteroatoms. The zero-order valence-electron chi connectivity index (χ0n) is 13.7. The largest absolute Gasteiger partial charge is 0.305 e. The summed E-state index contributed by atoms with van der Waals surface area (Å²) in [5.74, 6) is 0. The molecule has 0 saturated heterocycles. The van der Waals surface area contributed by atoms with E-state index in [4.69, 9.17) is 0 Å². The van der Waals surface area contributed by atoms with Gasteiger partial charge in [0.25, 0.3) is 0 Å². The lowest BCUT2D eigenvalue weighted by molar-refractivity contribution is 0.403. The number of thiophene rings is 1. The second kappa shape index (κ2) is 7.02. The summed E-state index contributed by atoms with van der Waals surface area (Å²) in [4.78, 5) is 7.77. The molecule has 23 heavy (non-hydrogen) atoms. The fraction of sp³-hybridized carbons (Fsp3) is 0.353. The third-order valence-electron chi connectivity index (χ3n) is 3.65. The predicted molar refractivity (Wildman–Crippen MR) is 93.4 cm³/mol. The molecule has 0 radical (unpaired) electrons. The maximum atomic E-state index is 4.45. The minimum absolute atomic E-state index is 0.124. The van der Waals surface area contributed by atoms with E-state index in [0.717, 1.165) is 29.2 Å². The molecule has 5 nitrogen and oxygen atoms in total. The highest BCUT2D eigenvalue weighted by Crippen LogP contribution is 2.27. The molecule has 0 aliphatic rings. The minimum Gasteiger partial charge on any atom is -0.305 e. The summed E-state index contributed by atoms with van der Waals surface area (Å²) in [6, 6.07) is 8.30. The van der Waals surface area contributed by atoms with Crippen LogP contribution in [0.25, 0.3) is 10.6 Å². The monoisotopic (exact) mass is 327 g/mol. The summed E-state index contributed by atoms with van der Waals surface area (Å²) >= 11 is 1.71. The van der Waals surface area contributed by atoms with E-state index in [-0.39, 0.29) is 6.04 Å². The van der Waals surface area contributed by atoms with Crippen LogP contribution in [0.5, 0.6) is 0 Å². The molecule has 0 aromatic carbocycles. The number of hydrogen-bond acceptors (Lipinski definition) is 5. The molecule has 0 unspecified atom stereocenters. The molecule has 3 rings (SSSR count). The second-order valence-electron chi connectivity index (χ2n) is 5.82. The number of pyridine rings is 1. The summed E-state index contributed by atoms with van der Waals surface area (Å²) in [5.41, 5.74) is 3.25. The van der Waals surface area contributed by atoms with E-state index in [0.29, 0.717) is 0 Å². The Balaban J connectivity index is 1.83. The molecule has 3 heterocycles. The number of rotatable bonds is 6. The van der Waals surface area contributed by atoms with Crippen LogP contribution in [0.2, 0.25) is 0 Å². The highest BCUT2D eigenvalue weighted by molar-refractivity contribution is 7.13. The standard InChI is InChI=1S/C17H21N5S/c1-4-16(14-7-5-6-8-18-14)22-11-15(19-20-22)17-9-13(12-23-17)10-21(2)3/h5-9,11-12,16H,4,10H2,1-3H3/t16-/m1/s1. The van der Waals surface area contributed by atoms with Crippen molar-refractivity contribution < 1.29 is 0 Å². The summed E-state index contributed by atoms with van der Waals surface area (Å²) in [6.07, 6.45) is 4.77. The number of aromatic nitrogens is 4. The Bertz CT molecular complexity index is 747. The van der Waals surface area contributed by atoms with Crippen molar-refractivity contribution in [3.05, 3.63) is 53.3 Å². The van der Waals surface area contributed by atoms with Crippen LogP contribution in [-0.2, 0) is 6.54 Å². The molecule has 0 aliphatic carbocycles. The highest BCUT2D eigenvalue weighted by Gasteiger charge is 2.16. The molecule has 0 fully saturated rings. The van der Waals surface area contributed by atoms with Crippen LogP contribution in [-0.4, -0.2) is 39.0 Å². The first-order valence-electron chi connectivity index (χ1n) is 7.72. The third kappa shape index (κ3) is 3.65. The predicted octanol–water partition coefficient (Wildman–Crippen LogP) is 3.46. The van der Waals surface area contributed by atoms with Gasteiger partial charge in [-0.25, -0.2) is 4.68 Å². The molecule has 0 saturated carbocycles. The van der Waals surface area contributed by atoms with Gasteiger partial charge in [0.05, 0.1) is 22.8 Å². The van der Waals surface area contributed by atoms with E-state index in [9.17, 15) is 0 Å². The fourth-order valence-electron chi connectivity index (χ4n) is 2.60. The van der Waals surface area contributed by atoms with Crippen molar-refractivity contribution in [1.29, 1.82) is 0 Å². The lowest BCUT2D eigenvalue weighted by Crippen LogP contribution is -2.11. The molecule has 1 atom stereocenters. The van der Waals surface area contributed by atoms with Gasteiger partial charge in [-0.1, -0.05) is 18.2 Å². The van der Waals surface area contributed by atoms with Crippen LogP contribution in [0.1, 0.15) is 30.6 Å². The van der Waals surface area contributed by atoms with Crippen LogP contribution in [0, 0.1) is 0 Å². The molecule has 3 aromatic rings. The first-order chi connectivity index (χ1) is 11.2. The maximum Gasteiger partial charge on any atom is 0.123 e.